The molecule has 3 rings (SSSR count). The predicted octanol–water partition coefficient (Wildman–Crippen LogP) is 5.23. The molecule has 28 heavy (non-hydrogen) atoms. The predicted molar refractivity (Wildman–Crippen MR) is 114 cm³/mol. The van der Waals surface area contributed by atoms with Gasteiger partial charge in [0.2, 0.25) is 0 Å². The Hall–Kier alpha value is -3.05. The van der Waals surface area contributed by atoms with Crippen LogP contribution in [0.15, 0.2) is 77.7 Å². The largest absolute Gasteiger partial charge is 0.497 e. The molecule has 3 aromatic carbocycles. The summed E-state index contributed by atoms with van der Waals surface area (Å²) in [7, 11) is 1.59. The third kappa shape index (κ3) is 5.24. The van der Waals surface area contributed by atoms with Crippen molar-refractivity contribution in [3.63, 3.8) is 0 Å². The van der Waals surface area contributed by atoms with Crippen LogP contribution in [-0.4, -0.2) is 24.6 Å². The Balaban J connectivity index is 1.54. The quantitative estimate of drug-likeness (QED) is 0.442. The number of thioether (sulfide) groups is 1. The van der Waals surface area contributed by atoms with Crippen LogP contribution >= 0.6 is 11.8 Å². The van der Waals surface area contributed by atoms with E-state index in [9.17, 15) is 9.59 Å². The van der Waals surface area contributed by atoms with Gasteiger partial charge in [-0.1, -0.05) is 29.8 Å². The molecule has 0 fully saturated rings. The minimum absolute atomic E-state index is 0.0990. The molecule has 5 heteroatoms. The third-order valence-corrected chi connectivity index (χ3v) is 5.22. The molecule has 0 heterocycles. The van der Waals surface area contributed by atoms with Gasteiger partial charge in [0.15, 0.2) is 5.78 Å². The fourth-order valence-corrected chi connectivity index (χ4v) is 3.34. The second-order valence-corrected chi connectivity index (χ2v) is 7.33. The normalized spacial score (nSPS) is 10.4. The first kappa shape index (κ1) is 19.7. The Labute approximate surface area is 168 Å². The van der Waals surface area contributed by atoms with Crippen LogP contribution in [-0.2, 0) is 0 Å². The van der Waals surface area contributed by atoms with Gasteiger partial charge in [0.1, 0.15) is 5.75 Å². The zero-order chi connectivity index (χ0) is 19.9. The van der Waals surface area contributed by atoms with E-state index in [0.717, 1.165) is 16.0 Å². The number of nitrogens with one attached hydrogen (secondary N) is 1. The minimum Gasteiger partial charge on any atom is -0.497 e. The van der Waals surface area contributed by atoms with Crippen LogP contribution < -0.4 is 10.1 Å². The number of hydrogen-bond acceptors (Lipinski definition) is 4. The molecule has 0 saturated carbocycles. The molecular formula is C23H21NO3S. The Morgan fingerprint density at radius 3 is 2.07 bits per heavy atom. The van der Waals surface area contributed by atoms with Crippen molar-refractivity contribution in [1.29, 1.82) is 0 Å². The van der Waals surface area contributed by atoms with E-state index in [1.165, 1.54) is 11.8 Å². The Bertz CT molecular complexity index is 949. The van der Waals surface area contributed by atoms with Gasteiger partial charge in [0.25, 0.3) is 5.91 Å². The zero-order valence-corrected chi connectivity index (χ0v) is 16.6. The Kier molecular flexibility index (Phi) is 6.50. The van der Waals surface area contributed by atoms with Gasteiger partial charge in [-0.2, -0.15) is 0 Å². The number of carbonyl (C=O) groups excluding carboxylic acids is 2. The standard InChI is InChI=1S/C23H21NO3S/c1-16-3-5-17(6-4-16)22(25)15-28-21-13-9-19(10-14-21)24-23(26)18-7-11-20(27-2)12-8-18/h3-14H,15H2,1-2H3,(H,24,26). The summed E-state index contributed by atoms with van der Waals surface area (Å²) in [5.41, 5.74) is 3.12. The monoisotopic (exact) mass is 391 g/mol. The first-order valence-electron chi connectivity index (χ1n) is 8.83. The summed E-state index contributed by atoms with van der Waals surface area (Å²) in [6, 6.07) is 22.0. The number of benzene rings is 3. The Morgan fingerprint density at radius 1 is 0.857 bits per heavy atom. The average Bonchev–Trinajstić information content (AvgIpc) is 2.73. The number of hydrogen-bond donors (Lipinski definition) is 1. The minimum atomic E-state index is -0.183. The molecule has 4 nitrogen and oxygen atoms in total. The van der Waals surface area contributed by atoms with Gasteiger partial charge in [-0.25, -0.2) is 0 Å². The SMILES string of the molecule is COc1ccc(C(=O)Nc2ccc(SCC(=O)c3ccc(C)cc3)cc2)cc1. The van der Waals surface area contributed by atoms with Gasteiger partial charge in [0, 0.05) is 21.7 Å². The van der Waals surface area contributed by atoms with Crippen LogP contribution in [0.1, 0.15) is 26.3 Å². The number of ketones is 1. The van der Waals surface area contributed by atoms with Crippen molar-refractivity contribution in [2.75, 3.05) is 18.2 Å². The molecule has 1 N–H and O–H groups in total. The highest BCUT2D eigenvalue weighted by atomic mass is 32.2. The molecule has 0 spiro atoms. The van der Waals surface area contributed by atoms with Crippen molar-refractivity contribution in [3.8, 4) is 5.75 Å². The summed E-state index contributed by atoms with van der Waals surface area (Å²) in [5, 5.41) is 2.86. The number of ether oxygens (including phenoxy) is 1. The van der Waals surface area contributed by atoms with Gasteiger partial charge < -0.3 is 10.1 Å². The van der Waals surface area contributed by atoms with Crippen molar-refractivity contribution in [2.24, 2.45) is 0 Å². The van der Waals surface area contributed by atoms with Gasteiger partial charge in [0.05, 0.1) is 12.9 Å². The number of amides is 1. The van der Waals surface area contributed by atoms with Gasteiger partial charge in [-0.15, -0.1) is 11.8 Å². The molecule has 3 aromatic rings. The second kappa shape index (κ2) is 9.24. The maximum atomic E-state index is 12.3. The summed E-state index contributed by atoms with van der Waals surface area (Å²) in [6.45, 7) is 2.00. The van der Waals surface area contributed by atoms with E-state index in [4.69, 9.17) is 4.74 Å². The summed E-state index contributed by atoms with van der Waals surface area (Å²) in [5.74, 6) is 0.998. The Morgan fingerprint density at radius 2 is 1.46 bits per heavy atom. The van der Waals surface area contributed by atoms with Crippen LogP contribution in [0.3, 0.4) is 0 Å². The van der Waals surface area contributed by atoms with Gasteiger partial charge in [-0.3, -0.25) is 9.59 Å². The van der Waals surface area contributed by atoms with Crippen LogP contribution in [0, 0.1) is 6.92 Å². The van der Waals surface area contributed by atoms with E-state index in [1.807, 2.05) is 55.5 Å². The number of Topliss-reactive ketones (excluding diaryl/α,β-unsaturated/α-hetero) is 1. The topological polar surface area (TPSA) is 55.4 Å². The van der Waals surface area contributed by atoms with Crippen molar-refractivity contribution in [3.05, 3.63) is 89.5 Å². The second-order valence-electron chi connectivity index (χ2n) is 6.28. The molecule has 142 valence electrons. The molecule has 0 aliphatic rings. The molecule has 0 bridgehead atoms. The number of anilines is 1. The first-order chi connectivity index (χ1) is 13.5. The van der Waals surface area contributed by atoms with Crippen LogP contribution in [0.2, 0.25) is 0 Å². The lowest BCUT2D eigenvalue weighted by Gasteiger charge is -2.07. The highest BCUT2D eigenvalue weighted by molar-refractivity contribution is 8.00. The smallest absolute Gasteiger partial charge is 0.255 e. The van der Waals surface area contributed by atoms with Gasteiger partial charge in [-0.05, 0) is 55.5 Å². The summed E-state index contributed by atoms with van der Waals surface area (Å²) >= 11 is 1.48. The zero-order valence-electron chi connectivity index (χ0n) is 15.8. The van der Waals surface area contributed by atoms with E-state index >= 15 is 0 Å². The van der Waals surface area contributed by atoms with E-state index in [1.54, 1.807) is 31.4 Å². The molecule has 1 amide bonds. The van der Waals surface area contributed by atoms with Crippen molar-refractivity contribution < 1.29 is 14.3 Å². The summed E-state index contributed by atoms with van der Waals surface area (Å²) < 4.78 is 5.10. The van der Waals surface area contributed by atoms with E-state index in [-0.39, 0.29) is 11.7 Å². The lowest BCUT2D eigenvalue weighted by molar-refractivity contribution is 0.101. The van der Waals surface area contributed by atoms with Crippen LogP contribution in [0.25, 0.3) is 0 Å². The van der Waals surface area contributed by atoms with Crippen LogP contribution in [0.5, 0.6) is 5.75 Å². The average molecular weight is 391 g/mol. The molecular weight excluding hydrogens is 370 g/mol. The highest BCUT2D eigenvalue weighted by Crippen LogP contribution is 2.22. The third-order valence-electron chi connectivity index (χ3n) is 4.21. The first-order valence-corrected chi connectivity index (χ1v) is 9.82. The van der Waals surface area contributed by atoms with E-state index < -0.39 is 0 Å². The lowest BCUT2D eigenvalue weighted by Crippen LogP contribution is -2.11. The van der Waals surface area contributed by atoms with E-state index in [0.29, 0.717) is 22.8 Å². The molecule has 0 aliphatic heterocycles. The molecule has 0 atom stereocenters. The maximum Gasteiger partial charge on any atom is 0.255 e. The van der Waals surface area contributed by atoms with Crippen molar-refractivity contribution in [1.82, 2.24) is 0 Å². The fourth-order valence-electron chi connectivity index (χ4n) is 2.55. The number of rotatable bonds is 7. The number of aryl methyl sites for hydroxylation is 1. The van der Waals surface area contributed by atoms with E-state index in [2.05, 4.69) is 5.32 Å². The fraction of sp³-hybridized carbons (Fsp3) is 0.130. The molecule has 0 aromatic heterocycles. The molecule has 0 unspecified atom stereocenters. The van der Waals surface area contributed by atoms with Crippen LogP contribution in [0.4, 0.5) is 5.69 Å². The number of carbonyl (C=O) groups is 2. The van der Waals surface area contributed by atoms with Crippen molar-refractivity contribution >= 4 is 29.1 Å². The van der Waals surface area contributed by atoms with Gasteiger partial charge >= 0.3 is 0 Å². The number of methoxy groups -OCH3 is 1. The molecule has 0 aliphatic carbocycles. The lowest BCUT2D eigenvalue weighted by atomic mass is 10.1. The summed E-state index contributed by atoms with van der Waals surface area (Å²) in [4.78, 5) is 25.5. The molecule has 0 radical (unpaired) electrons. The summed E-state index contributed by atoms with van der Waals surface area (Å²) in [6.07, 6.45) is 0. The maximum absolute atomic E-state index is 12.3. The van der Waals surface area contributed by atoms with Crippen molar-refractivity contribution in [2.45, 2.75) is 11.8 Å². The highest BCUT2D eigenvalue weighted by Gasteiger charge is 2.08. The molecule has 0 saturated heterocycles.